The first-order valence-electron chi connectivity index (χ1n) is 7.41. The number of benzene rings is 1. The molecular formula is C16H20N4OS. The summed E-state index contributed by atoms with van der Waals surface area (Å²) in [5.74, 6) is 0. The molecule has 2 heterocycles. The van der Waals surface area contributed by atoms with E-state index >= 15 is 0 Å². The Balaban J connectivity index is 1.50. The number of thiocarbonyl (C=S) groups is 1. The van der Waals surface area contributed by atoms with Gasteiger partial charge in [0.15, 0.2) is 5.11 Å². The minimum atomic E-state index is 0.619. The maximum atomic E-state index is 5.37. The van der Waals surface area contributed by atoms with Crippen molar-refractivity contribution in [2.45, 2.75) is 6.54 Å². The van der Waals surface area contributed by atoms with Crippen molar-refractivity contribution in [2.24, 2.45) is 0 Å². The Bertz CT molecular complexity index is 591. The van der Waals surface area contributed by atoms with E-state index in [0.717, 1.165) is 37.7 Å². The van der Waals surface area contributed by atoms with Crippen molar-refractivity contribution in [1.29, 1.82) is 0 Å². The molecule has 116 valence electrons. The zero-order valence-electron chi connectivity index (χ0n) is 12.3. The summed E-state index contributed by atoms with van der Waals surface area (Å²) in [6.45, 7) is 4.18. The van der Waals surface area contributed by atoms with Crippen molar-refractivity contribution >= 4 is 28.7 Å². The fourth-order valence-corrected chi connectivity index (χ4v) is 2.60. The summed E-state index contributed by atoms with van der Waals surface area (Å²) >= 11 is 5.30. The number of morpholine rings is 1. The van der Waals surface area contributed by atoms with E-state index in [0.29, 0.717) is 11.7 Å². The molecule has 0 radical (unpaired) electrons. The lowest BCUT2D eigenvalue weighted by Gasteiger charge is -2.29. The standard InChI is InChI=1S/C16H20N4OS/c22-16(18-12-14-2-1-7-17-14)19-13-3-5-15(6-4-13)20-8-10-21-11-9-20/h1-7,17H,8-12H2,(H2,18,19,22). The SMILES string of the molecule is S=C(NCc1ccc[nH]1)Nc1ccc(N2CCOCC2)cc1. The Hall–Kier alpha value is -2.05. The predicted molar refractivity (Wildman–Crippen MR) is 93.3 cm³/mol. The third kappa shape index (κ3) is 3.99. The Morgan fingerprint density at radius 1 is 1.18 bits per heavy atom. The van der Waals surface area contributed by atoms with Gasteiger partial charge in [-0.05, 0) is 48.6 Å². The summed E-state index contributed by atoms with van der Waals surface area (Å²) in [6, 6.07) is 12.3. The van der Waals surface area contributed by atoms with Crippen molar-refractivity contribution < 1.29 is 4.74 Å². The number of aromatic nitrogens is 1. The molecule has 0 spiro atoms. The number of hydrogen-bond donors (Lipinski definition) is 3. The van der Waals surface area contributed by atoms with E-state index in [9.17, 15) is 0 Å². The highest BCUT2D eigenvalue weighted by atomic mass is 32.1. The molecule has 5 nitrogen and oxygen atoms in total. The average molecular weight is 316 g/mol. The zero-order valence-corrected chi connectivity index (χ0v) is 13.2. The Kier molecular flexibility index (Phi) is 4.92. The second kappa shape index (κ2) is 7.29. The molecule has 0 saturated carbocycles. The van der Waals surface area contributed by atoms with Crippen molar-refractivity contribution in [2.75, 3.05) is 36.5 Å². The van der Waals surface area contributed by atoms with Crippen LogP contribution in [-0.4, -0.2) is 36.4 Å². The van der Waals surface area contributed by atoms with Gasteiger partial charge in [0.1, 0.15) is 0 Å². The molecule has 1 aromatic carbocycles. The van der Waals surface area contributed by atoms with Crippen LogP contribution in [0, 0.1) is 0 Å². The van der Waals surface area contributed by atoms with Crippen molar-refractivity contribution in [3.8, 4) is 0 Å². The molecule has 0 unspecified atom stereocenters. The number of rotatable bonds is 4. The van der Waals surface area contributed by atoms with Crippen LogP contribution >= 0.6 is 12.2 Å². The molecule has 1 aliphatic rings. The molecule has 1 aliphatic heterocycles. The first-order chi connectivity index (χ1) is 10.8. The highest BCUT2D eigenvalue weighted by Gasteiger charge is 2.10. The average Bonchev–Trinajstić information content (AvgIpc) is 3.08. The minimum Gasteiger partial charge on any atom is -0.378 e. The van der Waals surface area contributed by atoms with E-state index in [-0.39, 0.29) is 0 Å². The molecule has 2 aromatic rings. The van der Waals surface area contributed by atoms with Crippen LogP contribution in [0.2, 0.25) is 0 Å². The highest BCUT2D eigenvalue weighted by Crippen LogP contribution is 2.18. The first-order valence-corrected chi connectivity index (χ1v) is 7.82. The van der Waals surface area contributed by atoms with Gasteiger partial charge in [-0.2, -0.15) is 0 Å². The molecule has 22 heavy (non-hydrogen) atoms. The number of ether oxygens (including phenoxy) is 1. The van der Waals surface area contributed by atoms with E-state index in [2.05, 4.69) is 32.7 Å². The molecule has 0 amide bonds. The Morgan fingerprint density at radius 2 is 1.95 bits per heavy atom. The summed E-state index contributed by atoms with van der Waals surface area (Å²) in [5.41, 5.74) is 3.31. The molecule has 6 heteroatoms. The van der Waals surface area contributed by atoms with Gasteiger partial charge in [0, 0.05) is 36.4 Å². The summed E-state index contributed by atoms with van der Waals surface area (Å²) < 4.78 is 5.37. The maximum Gasteiger partial charge on any atom is 0.171 e. The van der Waals surface area contributed by atoms with Crippen LogP contribution in [-0.2, 0) is 11.3 Å². The number of hydrogen-bond acceptors (Lipinski definition) is 3. The minimum absolute atomic E-state index is 0.619. The van der Waals surface area contributed by atoms with E-state index in [4.69, 9.17) is 17.0 Å². The van der Waals surface area contributed by atoms with E-state index in [1.807, 2.05) is 30.5 Å². The fraction of sp³-hybridized carbons (Fsp3) is 0.312. The molecule has 3 rings (SSSR count). The van der Waals surface area contributed by atoms with E-state index in [1.165, 1.54) is 5.69 Å². The van der Waals surface area contributed by atoms with Crippen molar-refractivity contribution in [3.05, 3.63) is 48.3 Å². The number of nitrogens with zero attached hydrogens (tertiary/aromatic N) is 1. The lowest BCUT2D eigenvalue weighted by molar-refractivity contribution is 0.122. The zero-order chi connectivity index (χ0) is 15.2. The summed E-state index contributed by atoms with van der Waals surface area (Å²) in [5, 5.41) is 6.99. The predicted octanol–water partition coefficient (Wildman–Crippen LogP) is 2.34. The highest BCUT2D eigenvalue weighted by molar-refractivity contribution is 7.80. The van der Waals surface area contributed by atoms with Crippen LogP contribution in [0.15, 0.2) is 42.6 Å². The number of anilines is 2. The molecule has 0 aliphatic carbocycles. The monoisotopic (exact) mass is 316 g/mol. The second-order valence-electron chi connectivity index (χ2n) is 5.15. The summed E-state index contributed by atoms with van der Waals surface area (Å²) in [6.07, 6.45) is 1.90. The van der Waals surface area contributed by atoms with Crippen molar-refractivity contribution in [3.63, 3.8) is 0 Å². The Morgan fingerprint density at radius 3 is 2.64 bits per heavy atom. The van der Waals surface area contributed by atoms with Gasteiger partial charge in [-0.15, -0.1) is 0 Å². The Labute approximate surface area is 135 Å². The normalized spacial score (nSPS) is 14.6. The largest absolute Gasteiger partial charge is 0.378 e. The summed E-state index contributed by atoms with van der Waals surface area (Å²) in [7, 11) is 0. The third-order valence-corrected chi connectivity index (χ3v) is 3.85. The maximum absolute atomic E-state index is 5.37. The van der Waals surface area contributed by atoms with Crippen LogP contribution < -0.4 is 15.5 Å². The second-order valence-corrected chi connectivity index (χ2v) is 5.56. The third-order valence-electron chi connectivity index (χ3n) is 3.60. The van der Waals surface area contributed by atoms with Crippen LogP contribution in [0.5, 0.6) is 0 Å². The van der Waals surface area contributed by atoms with Gasteiger partial charge in [0.2, 0.25) is 0 Å². The molecular weight excluding hydrogens is 296 g/mol. The first kappa shape index (κ1) is 14.9. The van der Waals surface area contributed by atoms with E-state index < -0.39 is 0 Å². The topological polar surface area (TPSA) is 52.3 Å². The number of aromatic amines is 1. The van der Waals surface area contributed by atoms with Gasteiger partial charge in [-0.3, -0.25) is 0 Å². The molecule has 1 saturated heterocycles. The molecule has 1 fully saturated rings. The van der Waals surface area contributed by atoms with Gasteiger partial charge in [-0.1, -0.05) is 0 Å². The number of H-pyrrole nitrogens is 1. The van der Waals surface area contributed by atoms with Gasteiger partial charge >= 0.3 is 0 Å². The van der Waals surface area contributed by atoms with Gasteiger partial charge < -0.3 is 25.3 Å². The number of nitrogens with one attached hydrogen (secondary N) is 3. The van der Waals surface area contributed by atoms with Gasteiger partial charge in [-0.25, -0.2) is 0 Å². The quantitative estimate of drug-likeness (QED) is 0.756. The molecule has 3 N–H and O–H groups in total. The van der Waals surface area contributed by atoms with Crippen LogP contribution in [0.4, 0.5) is 11.4 Å². The van der Waals surface area contributed by atoms with Crippen LogP contribution in [0.25, 0.3) is 0 Å². The molecule has 0 bridgehead atoms. The van der Waals surface area contributed by atoms with Crippen molar-refractivity contribution in [1.82, 2.24) is 10.3 Å². The fourth-order valence-electron chi connectivity index (χ4n) is 2.41. The van der Waals surface area contributed by atoms with Gasteiger partial charge in [0.25, 0.3) is 0 Å². The van der Waals surface area contributed by atoms with E-state index in [1.54, 1.807) is 0 Å². The smallest absolute Gasteiger partial charge is 0.171 e. The van der Waals surface area contributed by atoms with Crippen LogP contribution in [0.3, 0.4) is 0 Å². The van der Waals surface area contributed by atoms with Crippen LogP contribution in [0.1, 0.15) is 5.69 Å². The lowest BCUT2D eigenvalue weighted by Crippen LogP contribution is -2.36. The molecule has 0 atom stereocenters. The lowest BCUT2D eigenvalue weighted by atomic mass is 10.2. The summed E-state index contributed by atoms with van der Waals surface area (Å²) in [4.78, 5) is 5.46. The molecule has 1 aromatic heterocycles. The van der Waals surface area contributed by atoms with Gasteiger partial charge in [0.05, 0.1) is 19.8 Å².